The van der Waals surface area contributed by atoms with Crippen LogP contribution in [-0.2, 0) is 10.4 Å². The van der Waals surface area contributed by atoms with Crippen molar-refractivity contribution in [2.75, 3.05) is 0 Å². The summed E-state index contributed by atoms with van der Waals surface area (Å²) in [5, 5.41) is 16.7. The van der Waals surface area contributed by atoms with Crippen molar-refractivity contribution < 1.29 is 170 Å². The van der Waals surface area contributed by atoms with Gasteiger partial charge < -0.3 is 24.1 Å². The molecule has 0 aliphatic carbocycles. The molecule has 0 aromatic heterocycles. The molecule has 0 unspecified atom stereocenters. The van der Waals surface area contributed by atoms with Gasteiger partial charge in [-0.25, -0.2) is 0 Å². The van der Waals surface area contributed by atoms with Crippen molar-refractivity contribution in [2.45, 2.75) is 0 Å². The Morgan fingerprint density at radius 3 is 1.00 bits per heavy atom. The zero-order chi connectivity index (χ0) is 8.08. The summed E-state index contributed by atoms with van der Waals surface area (Å²) < 4.78 is 34.1. The molecule has 0 radical (unpaired) electrons. The van der Waals surface area contributed by atoms with Gasteiger partial charge in [-0.3, -0.25) is 8.42 Å². The van der Waals surface area contributed by atoms with Crippen LogP contribution in [0.15, 0.2) is 0 Å². The summed E-state index contributed by atoms with van der Waals surface area (Å²) in [7, 11) is -5.17. The van der Waals surface area contributed by atoms with Crippen molar-refractivity contribution in [3.05, 3.63) is 0 Å². The maximum atomic E-state index is 8.52. The Kier molecular flexibility index (Phi) is 43.2. The summed E-state index contributed by atoms with van der Waals surface area (Å²) >= 11 is 0. The van der Waals surface area contributed by atoms with E-state index >= 15 is 0 Å². The molecule has 0 aliphatic rings. The Hall–Kier alpha value is 4.01. The van der Waals surface area contributed by atoms with Crippen LogP contribution in [0.2, 0.25) is 0 Å². The minimum absolute atomic E-state index is 0. The fraction of sp³-hybridized carbons (Fsp3) is 0. The zero-order valence-electron chi connectivity index (χ0n) is 6.47. The third-order valence-electron chi connectivity index (χ3n) is 0. The number of hydrogen-bond donors (Lipinski definition) is 0. The Bertz CT molecular complexity index is 164. The number of rotatable bonds is 0. The largest absolute Gasteiger partial charge is 2.00 e. The molecule has 0 saturated heterocycles. The number of hydrogen-bond acceptors (Lipinski definition) is 7. The van der Waals surface area contributed by atoms with Gasteiger partial charge in [0.05, 0.1) is 0 Å². The van der Waals surface area contributed by atoms with Gasteiger partial charge in [0.1, 0.15) is 0 Å². The second-order valence-corrected chi connectivity index (χ2v) is 1.47. The van der Waals surface area contributed by atoms with Crippen molar-refractivity contribution in [3.63, 3.8) is 0 Å². The predicted octanol–water partition coefficient (Wildman–Crippen LogP) is -10.2. The van der Waals surface area contributed by atoms with Gasteiger partial charge in [-0.2, -0.15) is 0 Å². The molecule has 0 fully saturated rings. The van der Waals surface area contributed by atoms with E-state index in [4.69, 9.17) is 32.5 Å². The van der Waals surface area contributed by atoms with Crippen LogP contribution in [0.25, 0.3) is 0 Å². The summed E-state index contributed by atoms with van der Waals surface area (Å²) in [5.74, 6) is 0. The first-order chi connectivity index (χ1) is 3.73. The predicted molar refractivity (Wildman–Crippen MR) is 21.6 cm³/mol. The summed E-state index contributed by atoms with van der Waals surface area (Å²) in [6.45, 7) is 0. The van der Waals surface area contributed by atoms with Gasteiger partial charge in [0.25, 0.3) is 0 Å². The third kappa shape index (κ3) is 147. The molecule has 0 spiro atoms. The second kappa shape index (κ2) is 17.4. The van der Waals surface area contributed by atoms with E-state index in [1.54, 1.807) is 0 Å². The number of carbonyl (C=O) groups is 1. The van der Waals surface area contributed by atoms with Gasteiger partial charge >= 0.3 is 161 Å². The van der Waals surface area contributed by atoms with Crippen LogP contribution in [0, 0.1) is 0 Å². The van der Waals surface area contributed by atoms with Gasteiger partial charge in [-0.15, -0.1) is 0 Å². The van der Waals surface area contributed by atoms with E-state index in [9.17, 15) is 0 Å². The molecule has 7 nitrogen and oxygen atoms in total. The summed E-state index contributed by atoms with van der Waals surface area (Å²) in [6.07, 6.45) is -2.33. The average Bonchev–Trinajstić information content (AvgIpc) is 1.19. The Labute approximate surface area is 203 Å². The Morgan fingerprint density at radius 2 is 1.00 bits per heavy atom. The maximum absolute atomic E-state index is 8.52. The van der Waals surface area contributed by atoms with Crippen molar-refractivity contribution in [3.8, 4) is 0 Å². The zero-order valence-corrected chi connectivity index (χ0v) is 21.3. The average molecular weight is 446 g/mol. The van der Waals surface area contributed by atoms with Crippen molar-refractivity contribution >= 4 is 39.6 Å². The van der Waals surface area contributed by atoms with Crippen LogP contribution in [0.1, 0.15) is 0 Å². The molecular weight excluding hydrogens is 446 g/mol. The maximum Gasteiger partial charge on any atom is 2.00 e. The van der Waals surface area contributed by atoms with Gasteiger partial charge in [0, 0.05) is 10.4 Å². The normalized spacial score (nSPS) is 6.83. The standard InChI is InChI=1S/CH2O3.2Cs.Mg.H2O4S/c2-1(3)4;;;;1-5(2,3)4/h(H2,2,3,4);;;;(H2,1,2,3,4)/q;2*+1;+2;/p-4. The Morgan fingerprint density at radius 1 is 1.00 bits per heavy atom. The van der Waals surface area contributed by atoms with Gasteiger partial charge in [-0.1, -0.05) is 0 Å². The summed E-state index contributed by atoms with van der Waals surface area (Å²) in [6, 6.07) is 0. The van der Waals surface area contributed by atoms with Crippen LogP contribution >= 0.6 is 0 Å². The molecule has 0 aromatic rings. The fourth-order valence-electron chi connectivity index (χ4n) is 0. The third-order valence-corrected chi connectivity index (χ3v) is 0. The smallest absolute Gasteiger partial charge is 0.759 e. The van der Waals surface area contributed by atoms with Crippen LogP contribution in [0.3, 0.4) is 0 Å². The topological polar surface area (TPSA) is 143 Å². The van der Waals surface area contributed by atoms with Crippen LogP contribution < -0.4 is 148 Å². The van der Waals surface area contributed by atoms with Crippen molar-refractivity contribution in [2.24, 2.45) is 0 Å². The van der Waals surface area contributed by atoms with Gasteiger partial charge in [-0.05, 0) is 6.16 Å². The van der Waals surface area contributed by atoms with Crippen LogP contribution in [0.4, 0.5) is 4.79 Å². The molecule has 0 amide bonds. The molecular formula is CCs2MgO7S. The molecule has 11 heteroatoms. The van der Waals surface area contributed by atoms with Crippen molar-refractivity contribution in [1.29, 1.82) is 0 Å². The molecule has 0 atom stereocenters. The molecule has 0 bridgehead atoms. The van der Waals surface area contributed by atoms with E-state index in [1.165, 1.54) is 0 Å². The minimum Gasteiger partial charge on any atom is -0.759 e. The van der Waals surface area contributed by atoms with E-state index in [-0.39, 0.29) is 161 Å². The first-order valence-electron chi connectivity index (χ1n) is 1.28. The molecule has 56 valence electrons. The van der Waals surface area contributed by atoms with Crippen LogP contribution in [0.5, 0.6) is 0 Å². The fourth-order valence-corrected chi connectivity index (χ4v) is 0. The van der Waals surface area contributed by atoms with E-state index < -0.39 is 16.6 Å². The number of carboxylic acid groups (broad SMARTS) is 2. The summed E-state index contributed by atoms with van der Waals surface area (Å²) in [4.78, 5) is 8.33. The quantitative estimate of drug-likeness (QED) is 0.204. The SMILES string of the molecule is O=C([O-])[O-].O=S(=O)([O-])[O-].[Cs+].[Cs+].[Mg+2]. The van der Waals surface area contributed by atoms with Gasteiger partial charge in [0.2, 0.25) is 0 Å². The van der Waals surface area contributed by atoms with E-state index in [2.05, 4.69) is 0 Å². The summed E-state index contributed by atoms with van der Waals surface area (Å²) in [5.41, 5.74) is 0. The van der Waals surface area contributed by atoms with E-state index in [1.807, 2.05) is 0 Å². The van der Waals surface area contributed by atoms with Crippen LogP contribution in [-0.4, -0.2) is 46.7 Å². The molecule has 0 rings (SSSR count). The molecule has 0 heterocycles. The Balaban J connectivity index is -0.0000000221. The minimum atomic E-state index is -5.17. The first-order valence-corrected chi connectivity index (χ1v) is 2.61. The first kappa shape index (κ1) is 29.8. The molecule has 0 aromatic carbocycles. The van der Waals surface area contributed by atoms with E-state index in [0.717, 1.165) is 0 Å². The number of carbonyl (C=O) groups excluding carboxylic acids is 1. The van der Waals surface area contributed by atoms with Crippen molar-refractivity contribution in [1.82, 2.24) is 0 Å². The second-order valence-electron chi connectivity index (χ2n) is 0.658. The molecule has 0 saturated carbocycles. The molecule has 0 aliphatic heterocycles. The van der Waals surface area contributed by atoms with E-state index in [0.29, 0.717) is 0 Å². The molecule has 0 N–H and O–H groups in total. The monoisotopic (exact) mass is 446 g/mol. The van der Waals surface area contributed by atoms with Gasteiger partial charge in [0.15, 0.2) is 0 Å². The molecule has 12 heavy (non-hydrogen) atoms.